The largest absolute Gasteiger partial charge is 0.465 e. The van der Waals surface area contributed by atoms with Crippen molar-refractivity contribution < 1.29 is 18.3 Å². The Kier molecular flexibility index (Phi) is 3.77. The van der Waals surface area contributed by atoms with Crippen molar-refractivity contribution in [1.82, 2.24) is 4.90 Å². The molecule has 1 atom stereocenters. The maximum absolute atomic E-state index is 11.3. The number of rotatable bonds is 2. The van der Waals surface area contributed by atoms with E-state index in [-0.39, 0.29) is 10.9 Å². The molecular weight excluding hydrogens is 268 g/mol. The first-order valence-corrected chi connectivity index (χ1v) is 7.56. The summed E-state index contributed by atoms with van der Waals surface area (Å²) in [5, 5.41) is 14.3. The molecule has 0 bridgehead atoms. The average molecular weight is 284 g/mol. The molecule has 2 rings (SSSR count). The first kappa shape index (κ1) is 13.8. The molecule has 0 aliphatic carbocycles. The summed E-state index contributed by atoms with van der Waals surface area (Å²) in [5.74, 6) is 0. The van der Waals surface area contributed by atoms with E-state index < -0.39 is 16.1 Å². The molecule has 7 heteroatoms. The van der Waals surface area contributed by atoms with Crippen LogP contribution in [-0.2, 0) is 10.0 Å². The standard InChI is InChI=1S/C12H16N2O4S/c13-19(17,18)10-5-3-4-9(8-10)11-6-1-2-7-14(11)12(15)16/h3-5,8,11H,1-2,6-7H2,(H,15,16)(H2,13,17,18). The monoisotopic (exact) mass is 284 g/mol. The molecule has 0 radical (unpaired) electrons. The number of hydrogen-bond donors (Lipinski definition) is 2. The number of piperidine rings is 1. The maximum atomic E-state index is 11.3. The number of sulfonamides is 1. The summed E-state index contributed by atoms with van der Waals surface area (Å²) in [6.07, 6.45) is 1.47. The quantitative estimate of drug-likeness (QED) is 0.860. The van der Waals surface area contributed by atoms with E-state index in [4.69, 9.17) is 5.14 Å². The van der Waals surface area contributed by atoms with Gasteiger partial charge in [0.2, 0.25) is 10.0 Å². The van der Waals surface area contributed by atoms with E-state index in [0.29, 0.717) is 18.5 Å². The third-order valence-electron chi connectivity index (χ3n) is 3.32. The molecule has 1 aromatic rings. The fourth-order valence-corrected chi connectivity index (χ4v) is 2.97. The maximum Gasteiger partial charge on any atom is 0.407 e. The van der Waals surface area contributed by atoms with E-state index in [9.17, 15) is 18.3 Å². The van der Waals surface area contributed by atoms with Gasteiger partial charge in [0.1, 0.15) is 0 Å². The Labute approximate surface area is 111 Å². The fourth-order valence-electron chi connectivity index (χ4n) is 2.41. The Morgan fingerprint density at radius 1 is 1.37 bits per heavy atom. The van der Waals surface area contributed by atoms with Gasteiger partial charge in [-0.1, -0.05) is 12.1 Å². The summed E-state index contributed by atoms with van der Waals surface area (Å²) < 4.78 is 22.7. The summed E-state index contributed by atoms with van der Waals surface area (Å²) in [4.78, 5) is 12.6. The minimum Gasteiger partial charge on any atom is -0.465 e. The molecule has 6 nitrogen and oxygen atoms in total. The Morgan fingerprint density at radius 2 is 2.11 bits per heavy atom. The first-order valence-electron chi connectivity index (χ1n) is 6.02. The SMILES string of the molecule is NS(=O)(=O)c1cccc(C2CCCCN2C(=O)O)c1. The summed E-state index contributed by atoms with van der Waals surface area (Å²) in [6.45, 7) is 0.472. The Balaban J connectivity index is 2.37. The number of carboxylic acid groups (broad SMARTS) is 1. The summed E-state index contributed by atoms with van der Waals surface area (Å²) in [5.41, 5.74) is 0.675. The Hall–Kier alpha value is -1.60. The van der Waals surface area contributed by atoms with Crippen LogP contribution in [-0.4, -0.2) is 31.1 Å². The highest BCUT2D eigenvalue weighted by Gasteiger charge is 2.28. The van der Waals surface area contributed by atoms with Gasteiger partial charge < -0.3 is 10.0 Å². The zero-order valence-corrected chi connectivity index (χ0v) is 11.1. The van der Waals surface area contributed by atoms with Gasteiger partial charge in [0.25, 0.3) is 0 Å². The molecule has 104 valence electrons. The summed E-state index contributed by atoms with van der Waals surface area (Å²) in [7, 11) is -3.77. The van der Waals surface area contributed by atoms with Crippen LogP contribution >= 0.6 is 0 Å². The van der Waals surface area contributed by atoms with E-state index >= 15 is 0 Å². The van der Waals surface area contributed by atoms with Crippen LogP contribution in [0.25, 0.3) is 0 Å². The normalized spacial score (nSPS) is 20.3. The number of likely N-dealkylation sites (tertiary alicyclic amines) is 1. The molecule has 0 spiro atoms. The van der Waals surface area contributed by atoms with Gasteiger partial charge in [-0.3, -0.25) is 0 Å². The van der Waals surface area contributed by atoms with Crippen molar-refractivity contribution in [3.8, 4) is 0 Å². The molecule has 1 heterocycles. The molecular formula is C12H16N2O4S. The lowest BCUT2D eigenvalue weighted by molar-refractivity contribution is 0.106. The van der Waals surface area contributed by atoms with E-state index in [1.54, 1.807) is 12.1 Å². The molecule has 0 aromatic heterocycles. The van der Waals surface area contributed by atoms with Crippen LogP contribution < -0.4 is 5.14 Å². The fraction of sp³-hybridized carbons (Fsp3) is 0.417. The minimum absolute atomic E-state index is 0.0147. The van der Waals surface area contributed by atoms with Crippen LogP contribution in [0.4, 0.5) is 4.79 Å². The first-order chi connectivity index (χ1) is 8.89. The molecule has 19 heavy (non-hydrogen) atoms. The zero-order chi connectivity index (χ0) is 14.0. The number of nitrogens with two attached hydrogens (primary N) is 1. The second-order valence-electron chi connectivity index (χ2n) is 4.61. The van der Waals surface area contributed by atoms with Crippen molar-refractivity contribution in [3.05, 3.63) is 29.8 Å². The van der Waals surface area contributed by atoms with Crippen molar-refractivity contribution >= 4 is 16.1 Å². The van der Waals surface area contributed by atoms with Crippen LogP contribution in [0.5, 0.6) is 0 Å². The van der Waals surface area contributed by atoms with E-state index in [0.717, 1.165) is 12.8 Å². The topological polar surface area (TPSA) is 101 Å². The van der Waals surface area contributed by atoms with Crippen LogP contribution in [0.15, 0.2) is 29.2 Å². The van der Waals surface area contributed by atoms with Gasteiger partial charge in [-0.15, -0.1) is 0 Å². The summed E-state index contributed by atoms with van der Waals surface area (Å²) in [6, 6.07) is 5.89. The van der Waals surface area contributed by atoms with Crippen molar-refractivity contribution in [2.45, 2.75) is 30.2 Å². The van der Waals surface area contributed by atoms with E-state index in [2.05, 4.69) is 0 Å². The van der Waals surface area contributed by atoms with Crippen molar-refractivity contribution in [2.24, 2.45) is 5.14 Å². The number of carbonyl (C=O) groups is 1. The van der Waals surface area contributed by atoms with E-state index in [1.165, 1.54) is 17.0 Å². The highest BCUT2D eigenvalue weighted by Crippen LogP contribution is 2.31. The number of primary sulfonamides is 1. The number of benzene rings is 1. The summed E-state index contributed by atoms with van der Waals surface area (Å²) >= 11 is 0. The second kappa shape index (κ2) is 5.18. The van der Waals surface area contributed by atoms with Gasteiger partial charge in [0.05, 0.1) is 10.9 Å². The van der Waals surface area contributed by atoms with Crippen molar-refractivity contribution in [3.63, 3.8) is 0 Å². The van der Waals surface area contributed by atoms with Crippen LogP contribution in [0.3, 0.4) is 0 Å². The third-order valence-corrected chi connectivity index (χ3v) is 4.23. The van der Waals surface area contributed by atoms with Gasteiger partial charge in [0, 0.05) is 6.54 Å². The highest BCUT2D eigenvalue weighted by molar-refractivity contribution is 7.89. The van der Waals surface area contributed by atoms with Gasteiger partial charge in [-0.25, -0.2) is 18.4 Å². The van der Waals surface area contributed by atoms with Gasteiger partial charge in [0.15, 0.2) is 0 Å². The van der Waals surface area contributed by atoms with Gasteiger partial charge >= 0.3 is 6.09 Å². The van der Waals surface area contributed by atoms with E-state index in [1.807, 2.05) is 0 Å². The number of amides is 1. The number of nitrogens with zero attached hydrogens (tertiary/aromatic N) is 1. The van der Waals surface area contributed by atoms with Gasteiger partial charge in [-0.2, -0.15) is 0 Å². The lowest BCUT2D eigenvalue weighted by Crippen LogP contribution is -2.37. The molecule has 1 unspecified atom stereocenters. The molecule has 1 saturated heterocycles. The van der Waals surface area contributed by atoms with Crippen LogP contribution in [0.2, 0.25) is 0 Å². The molecule has 0 saturated carbocycles. The average Bonchev–Trinajstić information content (AvgIpc) is 2.38. The van der Waals surface area contributed by atoms with Crippen molar-refractivity contribution in [2.75, 3.05) is 6.54 Å². The highest BCUT2D eigenvalue weighted by atomic mass is 32.2. The minimum atomic E-state index is -3.77. The molecule has 1 aromatic carbocycles. The number of hydrogen-bond acceptors (Lipinski definition) is 3. The lowest BCUT2D eigenvalue weighted by Gasteiger charge is -2.33. The molecule has 1 fully saturated rings. The Morgan fingerprint density at radius 3 is 2.74 bits per heavy atom. The predicted octanol–water partition coefficient (Wildman–Crippen LogP) is 1.54. The zero-order valence-electron chi connectivity index (χ0n) is 10.3. The molecule has 1 aliphatic heterocycles. The molecule has 3 N–H and O–H groups in total. The smallest absolute Gasteiger partial charge is 0.407 e. The Bertz CT molecular complexity index is 585. The van der Waals surface area contributed by atoms with Crippen LogP contribution in [0, 0.1) is 0 Å². The lowest BCUT2D eigenvalue weighted by atomic mass is 9.96. The van der Waals surface area contributed by atoms with Crippen molar-refractivity contribution in [1.29, 1.82) is 0 Å². The van der Waals surface area contributed by atoms with Gasteiger partial charge in [-0.05, 0) is 37.0 Å². The molecule has 1 aliphatic rings. The second-order valence-corrected chi connectivity index (χ2v) is 6.17. The molecule has 1 amide bonds. The predicted molar refractivity (Wildman–Crippen MR) is 69.1 cm³/mol. The third kappa shape index (κ3) is 3.05. The van der Waals surface area contributed by atoms with Crippen LogP contribution in [0.1, 0.15) is 30.9 Å².